The number of piperidine rings is 1. The molecule has 0 aromatic carbocycles. The third kappa shape index (κ3) is 2.21. The second-order valence-corrected chi connectivity index (χ2v) is 3.41. The molecule has 0 spiro atoms. The molecule has 0 aliphatic carbocycles. The number of aryl methyl sites for hydroxylation is 1. The SMILES string of the molecule is Cn1cc(OC2CCCCN2)cn1. The molecule has 1 aromatic heterocycles. The van der Waals surface area contributed by atoms with Gasteiger partial charge in [-0.15, -0.1) is 0 Å². The lowest BCUT2D eigenvalue weighted by Crippen LogP contribution is -2.38. The summed E-state index contributed by atoms with van der Waals surface area (Å²) < 4.78 is 7.43. The Labute approximate surface area is 77.9 Å². The van der Waals surface area contributed by atoms with Crippen LogP contribution in [0.4, 0.5) is 0 Å². The number of nitrogens with zero attached hydrogens (tertiary/aromatic N) is 2. The van der Waals surface area contributed by atoms with E-state index in [-0.39, 0.29) is 6.23 Å². The molecule has 4 nitrogen and oxygen atoms in total. The van der Waals surface area contributed by atoms with Crippen molar-refractivity contribution >= 4 is 0 Å². The lowest BCUT2D eigenvalue weighted by Gasteiger charge is -2.23. The van der Waals surface area contributed by atoms with Gasteiger partial charge in [-0.1, -0.05) is 0 Å². The Bertz CT molecular complexity index is 266. The van der Waals surface area contributed by atoms with E-state index in [9.17, 15) is 0 Å². The second kappa shape index (κ2) is 3.79. The van der Waals surface area contributed by atoms with Gasteiger partial charge in [0.25, 0.3) is 0 Å². The van der Waals surface area contributed by atoms with Crippen LogP contribution < -0.4 is 10.1 Å². The molecule has 0 saturated carbocycles. The predicted molar refractivity (Wildman–Crippen MR) is 49.5 cm³/mol. The van der Waals surface area contributed by atoms with Gasteiger partial charge in [-0.05, 0) is 25.8 Å². The van der Waals surface area contributed by atoms with E-state index in [4.69, 9.17) is 4.74 Å². The van der Waals surface area contributed by atoms with Crippen molar-refractivity contribution in [3.63, 3.8) is 0 Å². The zero-order valence-electron chi connectivity index (χ0n) is 7.86. The van der Waals surface area contributed by atoms with Gasteiger partial charge in [0.2, 0.25) is 0 Å². The first-order valence-corrected chi connectivity index (χ1v) is 4.73. The van der Waals surface area contributed by atoms with Gasteiger partial charge in [0.05, 0.1) is 12.4 Å². The molecule has 0 radical (unpaired) electrons. The summed E-state index contributed by atoms with van der Waals surface area (Å²) in [5.41, 5.74) is 0. The Morgan fingerprint density at radius 2 is 2.54 bits per heavy atom. The molecular weight excluding hydrogens is 166 g/mol. The zero-order chi connectivity index (χ0) is 9.10. The fourth-order valence-electron chi connectivity index (χ4n) is 1.54. The van der Waals surface area contributed by atoms with Crippen LogP contribution in [0.1, 0.15) is 19.3 Å². The van der Waals surface area contributed by atoms with E-state index in [0.29, 0.717) is 0 Å². The summed E-state index contributed by atoms with van der Waals surface area (Å²) in [4.78, 5) is 0. The summed E-state index contributed by atoms with van der Waals surface area (Å²) >= 11 is 0. The third-order valence-corrected chi connectivity index (χ3v) is 2.22. The minimum Gasteiger partial charge on any atom is -0.472 e. The molecule has 72 valence electrons. The lowest BCUT2D eigenvalue weighted by atomic mass is 10.1. The summed E-state index contributed by atoms with van der Waals surface area (Å²) in [6.07, 6.45) is 7.41. The van der Waals surface area contributed by atoms with E-state index >= 15 is 0 Å². The topological polar surface area (TPSA) is 39.1 Å². The standard InChI is InChI=1S/C9H15N3O/c1-12-7-8(6-11-12)13-9-4-2-3-5-10-9/h6-7,9-10H,2-5H2,1H3. The Kier molecular flexibility index (Phi) is 2.49. The van der Waals surface area contributed by atoms with Gasteiger partial charge in [-0.3, -0.25) is 10.00 Å². The number of hydrogen-bond acceptors (Lipinski definition) is 3. The van der Waals surface area contributed by atoms with Gasteiger partial charge in [-0.25, -0.2) is 0 Å². The molecule has 13 heavy (non-hydrogen) atoms. The summed E-state index contributed by atoms with van der Waals surface area (Å²) in [5, 5.41) is 7.36. The molecule has 0 amide bonds. The maximum absolute atomic E-state index is 5.68. The quantitative estimate of drug-likeness (QED) is 0.736. The number of hydrogen-bond donors (Lipinski definition) is 1. The average Bonchev–Trinajstić information content (AvgIpc) is 2.53. The Morgan fingerprint density at radius 3 is 3.15 bits per heavy atom. The first kappa shape index (κ1) is 8.56. The van der Waals surface area contributed by atoms with Crippen LogP contribution in [0.2, 0.25) is 0 Å². The van der Waals surface area contributed by atoms with Gasteiger partial charge >= 0.3 is 0 Å². The van der Waals surface area contributed by atoms with Gasteiger partial charge in [0.15, 0.2) is 5.75 Å². The predicted octanol–water partition coefficient (Wildman–Crippen LogP) is 0.898. The fraction of sp³-hybridized carbons (Fsp3) is 0.667. The molecule has 1 aliphatic heterocycles. The molecule has 1 atom stereocenters. The summed E-state index contributed by atoms with van der Waals surface area (Å²) in [6.45, 7) is 1.06. The number of rotatable bonds is 2. The lowest BCUT2D eigenvalue weighted by molar-refractivity contribution is 0.132. The van der Waals surface area contributed by atoms with Crippen LogP contribution in [0.3, 0.4) is 0 Å². The number of aromatic nitrogens is 2. The molecule has 0 bridgehead atoms. The van der Waals surface area contributed by atoms with Crippen molar-refractivity contribution in [3.8, 4) is 5.75 Å². The van der Waals surface area contributed by atoms with Crippen LogP contribution >= 0.6 is 0 Å². The average molecular weight is 181 g/mol. The maximum atomic E-state index is 5.68. The molecule has 1 fully saturated rings. The van der Waals surface area contributed by atoms with E-state index in [0.717, 1.165) is 18.7 Å². The molecule has 4 heteroatoms. The van der Waals surface area contributed by atoms with E-state index in [1.165, 1.54) is 12.8 Å². The monoisotopic (exact) mass is 181 g/mol. The van der Waals surface area contributed by atoms with Crippen LogP contribution in [0.15, 0.2) is 12.4 Å². The van der Waals surface area contributed by atoms with Crippen molar-refractivity contribution in [1.29, 1.82) is 0 Å². The minimum absolute atomic E-state index is 0.179. The molecule has 1 saturated heterocycles. The molecule has 2 heterocycles. The van der Waals surface area contributed by atoms with E-state index in [2.05, 4.69) is 10.4 Å². The smallest absolute Gasteiger partial charge is 0.159 e. The summed E-state index contributed by atoms with van der Waals surface area (Å²) in [5.74, 6) is 0.849. The van der Waals surface area contributed by atoms with Gasteiger partial charge in [0, 0.05) is 7.05 Å². The van der Waals surface area contributed by atoms with Crippen LogP contribution in [-0.4, -0.2) is 22.6 Å². The van der Waals surface area contributed by atoms with Gasteiger partial charge < -0.3 is 4.74 Å². The van der Waals surface area contributed by atoms with Crippen molar-refractivity contribution < 1.29 is 4.74 Å². The van der Waals surface area contributed by atoms with Crippen LogP contribution in [0.25, 0.3) is 0 Å². The molecule has 1 aliphatic rings. The van der Waals surface area contributed by atoms with E-state index < -0.39 is 0 Å². The molecule has 1 aromatic rings. The Balaban J connectivity index is 1.89. The van der Waals surface area contributed by atoms with E-state index in [1.54, 1.807) is 10.9 Å². The highest BCUT2D eigenvalue weighted by Crippen LogP contribution is 2.14. The largest absolute Gasteiger partial charge is 0.472 e. The Morgan fingerprint density at radius 1 is 1.62 bits per heavy atom. The highest BCUT2D eigenvalue weighted by atomic mass is 16.5. The van der Waals surface area contributed by atoms with Crippen molar-refractivity contribution in [3.05, 3.63) is 12.4 Å². The molecule has 2 rings (SSSR count). The van der Waals surface area contributed by atoms with Crippen LogP contribution in [-0.2, 0) is 7.05 Å². The van der Waals surface area contributed by atoms with E-state index in [1.807, 2.05) is 13.2 Å². The normalized spacial score (nSPS) is 23.0. The minimum atomic E-state index is 0.179. The molecule has 1 N–H and O–H groups in total. The number of ether oxygens (including phenoxy) is 1. The first-order valence-electron chi connectivity index (χ1n) is 4.73. The highest BCUT2D eigenvalue weighted by Gasteiger charge is 2.13. The fourth-order valence-corrected chi connectivity index (χ4v) is 1.54. The van der Waals surface area contributed by atoms with Gasteiger partial charge in [-0.2, -0.15) is 5.10 Å². The van der Waals surface area contributed by atoms with Gasteiger partial charge in [0.1, 0.15) is 6.23 Å². The molecular formula is C9H15N3O. The second-order valence-electron chi connectivity index (χ2n) is 3.41. The van der Waals surface area contributed by atoms with Crippen LogP contribution in [0.5, 0.6) is 5.75 Å². The first-order chi connectivity index (χ1) is 6.34. The highest BCUT2D eigenvalue weighted by molar-refractivity contribution is 5.11. The third-order valence-electron chi connectivity index (χ3n) is 2.22. The number of nitrogens with one attached hydrogen (secondary N) is 1. The van der Waals surface area contributed by atoms with Crippen molar-refractivity contribution in [2.24, 2.45) is 7.05 Å². The Hall–Kier alpha value is -1.03. The summed E-state index contributed by atoms with van der Waals surface area (Å²) in [6, 6.07) is 0. The van der Waals surface area contributed by atoms with Crippen molar-refractivity contribution in [1.82, 2.24) is 15.1 Å². The van der Waals surface area contributed by atoms with Crippen molar-refractivity contribution in [2.45, 2.75) is 25.5 Å². The zero-order valence-corrected chi connectivity index (χ0v) is 7.86. The maximum Gasteiger partial charge on any atom is 0.159 e. The summed E-state index contributed by atoms with van der Waals surface area (Å²) in [7, 11) is 1.89. The van der Waals surface area contributed by atoms with Crippen molar-refractivity contribution in [2.75, 3.05) is 6.54 Å². The van der Waals surface area contributed by atoms with Crippen LogP contribution in [0, 0.1) is 0 Å². The molecule has 1 unspecified atom stereocenters.